The first-order valence-corrected chi connectivity index (χ1v) is 8.76. The fourth-order valence-electron chi connectivity index (χ4n) is 3.22. The monoisotopic (exact) mass is 361 g/mol. The summed E-state index contributed by atoms with van der Waals surface area (Å²) in [5.74, 6) is 0.532. The molecule has 1 aliphatic heterocycles. The van der Waals surface area contributed by atoms with Crippen LogP contribution in [0.3, 0.4) is 0 Å². The maximum atomic E-state index is 13.2. The molecule has 7 nitrogen and oxygen atoms in total. The zero-order valence-corrected chi connectivity index (χ0v) is 15.3. The number of aromatic amines is 1. The molecule has 1 aromatic heterocycles. The maximum absolute atomic E-state index is 13.2. The highest BCUT2D eigenvalue weighted by Gasteiger charge is 2.31. The van der Waals surface area contributed by atoms with E-state index in [2.05, 4.69) is 15.3 Å². The first-order valence-electron chi connectivity index (χ1n) is 8.76. The van der Waals surface area contributed by atoms with Crippen molar-refractivity contribution in [2.24, 2.45) is 5.92 Å². The van der Waals surface area contributed by atoms with Crippen LogP contribution in [0.1, 0.15) is 26.1 Å². The SMILES string of the molecule is CC(C)N1C[C@H](CNC(=O)N(C)Cc2nc3ccc(F)cc3[nH]2)CC1=O. The average molecular weight is 361 g/mol. The van der Waals surface area contributed by atoms with E-state index in [0.717, 1.165) is 0 Å². The Hall–Kier alpha value is -2.64. The third-order valence-corrected chi connectivity index (χ3v) is 4.63. The lowest BCUT2D eigenvalue weighted by Gasteiger charge is -2.21. The molecule has 0 aliphatic carbocycles. The van der Waals surface area contributed by atoms with Crippen molar-refractivity contribution >= 4 is 23.0 Å². The van der Waals surface area contributed by atoms with Gasteiger partial charge in [-0.2, -0.15) is 0 Å². The largest absolute Gasteiger partial charge is 0.340 e. The highest BCUT2D eigenvalue weighted by molar-refractivity contribution is 5.79. The molecule has 1 saturated heterocycles. The topological polar surface area (TPSA) is 81.3 Å². The smallest absolute Gasteiger partial charge is 0.317 e. The molecule has 0 radical (unpaired) electrons. The van der Waals surface area contributed by atoms with E-state index in [4.69, 9.17) is 0 Å². The fourth-order valence-corrected chi connectivity index (χ4v) is 3.22. The summed E-state index contributed by atoms with van der Waals surface area (Å²) >= 11 is 0. The number of aromatic nitrogens is 2. The van der Waals surface area contributed by atoms with Gasteiger partial charge >= 0.3 is 6.03 Å². The molecule has 140 valence electrons. The van der Waals surface area contributed by atoms with Gasteiger partial charge in [-0.05, 0) is 32.0 Å². The normalized spacial score (nSPS) is 17.3. The number of imidazole rings is 1. The van der Waals surface area contributed by atoms with Gasteiger partial charge in [0.25, 0.3) is 0 Å². The lowest BCUT2D eigenvalue weighted by Crippen LogP contribution is -2.40. The fraction of sp³-hybridized carbons (Fsp3) is 0.500. The molecule has 1 aliphatic rings. The van der Waals surface area contributed by atoms with Crippen molar-refractivity contribution in [2.45, 2.75) is 32.9 Å². The van der Waals surface area contributed by atoms with Crippen molar-refractivity contribution < 1.29 is 14.0 Å². The Morgan fingerprint density at radius 2 is 2.27 bits per heavy atom. The number of likely N-dealkylation sites (tertiary alicyclic amines) is 1. The van der Waals surface area contributed by atoms with Crippen molar-refractivity contribution in [3.63, 3.8) is 0 Å². The van der Waals surface area contributed by atoms with Crippen LogP contribution in [-0.4, -0.2) is 57.9 Å². The van der Waals surface area contributed by atoms with E-state index in [1.807, 2.05) is 18.7 Å². The van der Waals surface area contributed by atoms with Gasteiger partial charge in [0, 0.05) is 38.5 Å². The Labute approximate surface area is 151 Å². The first-order chi connectivity index (χ1) is 12.3. The third kappa shape index (κ3) is 3.95. The molecule has 2 N–H and O–H groups in total. The molecule has 2 heterocycles. The molecular weight excluding hydrogens is 337 g/mol. The number of halogens is 1. The number of hydrogen-bond donors (Lipinski definition) is 2. The van der Waals surface area contributed by atoms with Gasteiger partial charge in [-0.3, -0.25) is 4.79 Å². The second-order valence-corrected chi connectivity index (χ2v) is 7.10. The summed E-state index contributed by atoms with van der Waals surface area (Å²) in [6.45, 7) is 5.40. The van der Waals surface area contributed by atoms with Gasteiger partial charge in [-0.15, -0.1) is 0 Å². The molecule has 0 bridgehead atoms. The van der Waals surface area contributed by atoms with Crippen molar-refractivity contribution in [2.75, 3.05) is 20.1 Å². The highest BCUT2D eigenvalue weighted by Crippen LogP contribution is 2.19. The quantitative estimate of drug-likeness (QED) is 0.856. The lowest BCUT2D eigenvalue weighted by atomic mass is 10.1. The number of fused-ring (bicyclic) bond motifs is 1. The molecule has 1 aromatic carbocycles. The number of carbonyl (C=O) groups excluding carboxylic acids is 2. The van der Waals surface area contributed by atoms with Crippen LogP contribution in [0.15, 0.2) is 18.2 Å². The maximum Gasteiger partial charge on any atom is 0.317 e. The molecule has 1 atom stereocenters. The van der Waals surface area contributed by atoms with Gasteiger partial charge in [-0.25, -0.2) is 14.2 Å². The standard InChI is InChI=1S/C18H24FN5O2/c1-11(2)24-9-12(6-17(24)25)8-20-18(26)23(3)10-16-21-14-5-4-13(19)7-15(14)22-16/h4-5,7,11-12H,6,8-10H2,1-3H3,(H,20,26)(H,21,22)/t12-/m0/s1. The Morgan fingerprint density at radius 3 is 2.96 bits per heavy atom. The van der Waals surface area contributed by atoms with Gasteiger partial charge in [0.05, 0.1) is 17.6 Å². The van der Waals surface area contributed by atoms with E-state index in [9.17, 15) is 14.0 Å². The number of H-pyrrole nitrogens is 1. The van der Waals surface area contributed by atoms with Crippen molar-refractivity contribution in [3.05, 3.63) is 29.8 Å². The molecule has 3 rings (SSSR count). The van der Waals surface area contributed by atoms with Crippen molar-refractivity contribution in [1.29, 1.82) is 0 Å². The summed E-state index contributed by atoms with van der Waals surface area (Å²) in [6, 6.07) is 4.29. The zero-order valence-electron chi connectivity index (χ0n) is 15.3. The summed E-state index contributed by atoms with van der Waals surface area (Å²) in [6.07, 6.45) is 0.470. The lowest BCUT2D eigenvalue weighted by molar-refractivity contribution is -0.129. The van der Waals surface area contributed by atoms with Gasteiger partial charge < -0.3 is 20.1 Å². The Kier molecular flexibility index (Phi) is 5.11. The van der Waals surface area contributed by atoms with Crippen LogP contribution < -0.4 is 5.32 Å². The minimum Gasteiger partial charge on any atom is -0.340 e. The Balaban J connectivity index is 1.52. The molecule has 1 fully saturated rings. The Morgan fingerprint density at radius 1 is 1.50 bits per heavy atom. The van der Waals surface area contributed by atoms with E-state index in [1.54, 1.807) is 13.1 Å². The summed E-state index contributed by atoms with van der Waals surface area (Å²) in [5.41, 5.74) is 1.26. The molecule has 0 spiro atoms. The number of hydrogen-bond acceptors (Lipinski definition) is 3. The predicted octanol–water partition coefficient (Wildman–Crippen LogP) is 2.10. The minimum absolute atomic E-state index is 0.136. The van der Waals surface area contributed by atoms with E-state index < -0.39 is 0 Å². The average Bonchev–Trinajstić information content (AvgIpc) is 3.14. The van der Waals surface area contributed by atoms with E-state index >= 15 is 0 Å². The molecule has 0 unspecified atom stereocenters. The van der Waals surface area contributed by atoms with Crippen LogP contribution in [0.4, 0.5) is 9.18 Å². The van der Waals surface area contributed by atoms with Crippen molar-refractivity contribution in [3.8, 4) is 0 Å². The summed E-state index contributed by atoms with van der Waals surface area (Å²) < 4.78 is 13.2. The van der Waals surface area contributed by atoms with Crippen LogP contribution in [-0.2, 0) is 11.3 Å². The van der Waals surface area contributed by atoms with Crippen LogP contribution in [0.5, 0.6) is 0 Å². The predicted molar refractivity (Wildman–Crippen MR) is 95.9 cm³/mol. The second kappa shape index (κ2) is 7.31. The third-order valence-electron chi connectivity index (χ3n) is 4.63. The van der Waals surface area contributed by atoms with E-state index in [1.165, 1.54) is 17.0 Å². The van der Waals surface area contributed by atoms with Gasteiger partial charge in [-0.1, -0.05) is 0 Å². The van der Waals surface area contributed by atoms with Gasteiger partial charge in [0.15, 0.2) is 0 Å². The van der Waals surface area contributed by atoms with E-state index in [-0.39, 0.29) is 36.3 Å². The molecule has 0 saturated carbocycles. The van der Waals surface area contributed by atoms with Crippen LogP contribution in [0, 0.1) is 11.7 Å². The molecular formula is C18H24FN5O2. The number of nitrogens with one attached hydrogen (secondary N) is 2. The van der Waals surface area contributed by atoms with Crippen LogP contribution in [0.25, 0.3) is 11.0 Å². The number of rotatable bonds is 5. The summed E-state index contributed by atoms with van der Waals surface area (Å²) in [4.78, 5) is 34.9. The second-order valence-electron chi connectivity index (χ2n) is 7.10. The van der Waals surface area contributed by atoms with E-state index in [0.29, 0.717) is 36.4 Å². The summed E-state index contributed by atoms with van der Waals surface area (Å²) in [5, 5.41) is 2.87. The molecule has 3 amide bonds. The zero-order chi connectivity index (χ0) is 18.8. The minimum atomic E-state index is -0.333. The summed E-state index contributed by atoms with van der Waals surface area (Å²) in [7, 11) is 1.67. The number of urea groups is 1. The Bertz CT molecular complexity index is 819. The van der Waals surface area contributed by atoms with Crippen LogP contribution in [0.2, 0.25) is 0 Å². The number of carbonyl (C=O) groups is 2. The molecule has 2 aromatic rings. The first kappa shape index (κ1) is 18.2. The van der Waals surface area contributed by atoms with Gasteiger partial charge in [0.2, 0.25) is 5.91 Å². The molecule has 26 heavy (non-hydrogen) atoms. The van der Waals surface area contributed by atoms with Crippen LogP contribution >= 0.6 is 0 Å². The highest BCUT2D eigenvalue weighted by atomic mass is 19.1. The number of benzene rings is 1. The number of nitrogens with zero attached hydrogens (tertiary/aromatic N) is 3. The molecule has 8 heteroatoms. The number of amides is 3. The van der Waals surface area contributed by atoms with Gasteiger partial charge in [0.1, 0.15) is 11.6 Å². The van der Waals surface area contributed by atoms with Crippen molar-refractivity contribution in [1.82, 2.24) is 25.1 Å².